The minimum atomic E-state index is -4.50. The number of aryl methyl sites for hydroxylation is 1. The number of aromatic nitrogens is 6. The summed E-state index contributed by atoms with van der Waals surface area (Å²) in [5.41, 5.74) is 0.949. The van der Waals surface area contributed by atoms with Gasteiger partial charge in [0.25, 0.3) is 11.1 Å². The third-order valence-corrected chi connectivity index (χ3v) is 10.1. The van der Waals surface area contributed by atoms with Crippen LogP contribution in [-0.2, 0) is 23.9 Å². The van der Waals surface area contributed by atoms with E-state index in [0.717, 1.165) is 44.5 Å². The van der Waals surface area contributed by atoms with E-state index in [2.05, 4.69) is 25.7 Å². The maximum absolute atomic E-state index is 14.3. The second kappa shape index (κ2) is 13.2. The Morgan fingerprint density at radius 3 is 2.46 bits per heavy atom. The second-order valence-corrected chi connectivity index (χ2v) is 13.4. The van der Waals surface area contributed by atoms with Gasteiger partial charge in [0.05, 0.1) is 17.3 Å². The van der Waals surface area contributed by atoms with E-state index in [-0.39, 0.29) is 46.8 Å². The molecule has 3 N–H and O–H groups in total. The number of benzene rings is 1. The smallest absolute Gasteiger partial charge is 0.362 e. The molecule has 4 aromatic rings. The third-order valence-electron chi connectivity index (χ3n) is 10.1. The number of anilines is 4. The fraction of sp³-hybridized carbons (Fsp3) is 0.545. The molecule has 0 radical (unpaired) electrons. The van der Waals surface area contributed by atoms with Gasteiger partial charge in [-0.05, 0) is 63.3 Å². The summed E-state index contributed by atoms with van der Waals surface area (Å²) in [6, 6.07) is 3.27. The first-order valence-corrected chi connectivity index (χ1v) is 17.2. The number of alkyl halides is 3. The van der Waals surface area contributed by atoms with E-state index in [1.54, 1.807) is 15.4 Å². The number of piperazine rings is 2. The van der Waals surface area contributed by atoms with Crippen molar-refractivity contribution in [2.45, 2.75) is 71.3 Å². The molecule has 2 saturated heterocycles. The average molecular weight is 698 g/mol. The number of hydrogen-bond donors (Lipinski definition) is 3. The molecular weight excluding hydrogens is 655 g/mol. The minimum Gasteiger partial charge on any atom is -0.362 e. The topological polar surface area (TPSA) is 141 Å². The van der Waals surface area contributed by atoms with Gasteiger partial charge in [0.2, 0.25) is 17.6 Å². The molecule has 1 aliphatic carbocycles. The third kappa shape index (κ3) is 6.11. The summed E-state index contributed by atoms with van der Waals surface area (Å²) in [6.45, 7) is 9.32. The van der Waals surface area contributed by atoms with Crippen molar-refractivity contribution in [2.75, 3.05) is 65.8 Å². The van der Waals surface area contributed by atoms with E-state index in [9.17, 15) is 27.6 Å². The predicted octanol–water partition coefficient (Wildman–Crippen LogP) is 2.76. The van der Waals surface area contributed by atoms with Crippen LogP contribution in [0.25, 0.3) is 5.78 Å². The highest BCUT2D eigenvalue weighted by Crippen LogP contribution is 2.33. The molecule has 5 heterocycles. The van der Waals surface area contributed by atoms with Crippen LogP contribution in [0, 0.1) is 6.92 Å². The Hall–Kier alpha value is -4.80. The lowest BCUT2D eigenvalue weighted by molar-refractivity contribution is -0.137. The number of nitrogens with one attached hydrogen (secondary N) is 3. The highest BCUT2D eigenvalue weighted by atomic mass is 19.4. The maximum atomic E-state index is 14.3. The van der Waals surface area contributed by atoms with Gasteiger partial charge in [-0.25, -0.2) is 4.68 Å². The molecule has 1 aromatic carbocycles. The molecule has 0 unspecified atom stereocenters. The number of aromatic amines is 1. The maximum Gasteiger partial charge on any atom is 0.416 e. The second-order valence-electron chi connectivity index (χ2n) is 13.4. The molecule has 3 aromatic heterocycles. The van der Waals surface area contributed by atoms with E-state index < -0.39 is 17.6 Å². The van der Waals surface area contributed by atoms with E-state index in [0.29, 0.717) is 62.2 Å². The van der Waals surface area contributed by atoms with E-state index in [4.69, 9.17) is 4.98 Å². The molecular formula is C33H42F3N11O3. The molecule has 7 rings (SSSR count). The van der Waals surface area contributed by atoms with Crippen LogP contribution >= 0.6 is 0 Å². The molecule has 1 atom stereocenters. The summed E-state index contributed by atoms with van der Waals surface area (Å²) in [6.07, 6.45) is 0.740. The monoisotopic (exact) mass is 697 g/mol. The standard InChI is InChI=1S/C33H42F3N11O3/c1-4-25-28(43-14-15-44(21(3)18-43)26-17-38-46(29(26)49)23-6-5-7-23)30(50)47-32(40-31(41-47)42-12-10-37-11-13-42)45(25)19-27(48)39-24-9-8-22(16-20(24)2)33(34,35)36/h8-9,16-17,21,23,37-38H,4-7,10-15,18-19H2,1-3H3,(H,39,48)/t21-/m1/s1. The number of halogens is 3. The Kier molecular flexibility index (Phi) is 8.86. The Balaban J connectivity index is 1.23. The molecule has 3 aliphatic rings. The Labute approximate surface area is 285 Å². The fourth-order valence-corrected chi connectivity index (χ4v) is 7.25. The first kappa shape index (κ1) is 33.7. The molecule has 2 aliphatic heterocycles. The molecule has 0 bridgehead atoms. The predicted molar refractivity (Wildman–Crippen MR) is 183 cm³/mol. The van der Waals surface area contributed by atoms with Gasteiger partial charge in [-0.2, -0.15) is 22.7 Å². The van der Waals surface area contributed by atoms with Crippen molar-refractivity contribution >= 4 is 34.7 Å². The molecule has 50 heavy (non-hydrogen) atoms. The number of carbonyl (C=O) groups is 1. The van der Waals surface area contributed by atoms with Crippen LogP contribution in [-0.4, -0.2) is 86.7 Å². The van der Waals surface area contributed by atoms with Crippen molar-refractivity contribution in [3.63, 3.8) is 0 Å². The normalized spacial score (nSPS) is 18.9. The first-order chi connectivity index (χ1) is 23.9. The summed E-state index contributed by atoms with van der Waals surface area (Å²) in [4.78, 5) is 52.0. The van der Waals surface area contributed by atoms with Gasteiger partial charge in [-0.1, -0.05) is 6.92 Å². The van der Waals surface area contributed by atoms with Crippen LogP contribution in [0.3, 0.4) is 0 Å². The van der Waals surface area contributed by atoms with Crippen LogP contribution in [0.4, 0.5) is 36.2 Å². The zero-order chi connectivity index (χ0) is 35.3. The lowest BCUT2D eigenvalue weighted by Gasteiger charge is -2.41. The number of hydrogen-bond acceptors (Lipinski definition) is 9. The summed E-state index contributed by atoms with van der Waals surface area (Å²) in [5.74, 6) is 0.0991. The largest absolute Gasteiger partial charge is 0.416 e. The van der Waals surface area contributed by atoms with Crippen molar-refractivity contribution in [1.82, 2.24) is 34.3 Å². The van der Waals surface area contributed by atoms with Crippen LogP contribution < -0.4 is 36.5 Å². The van der Waals surface area contributed by atoms with Gasteiger partial charge >= 0.3 is 6.18 Å². The SMILES string of the molecule is CCc1c(N2CCN(c3c[nH]n(C4CCC4)c3=O)[C@H](C)C2)c(=O)n2nc(N3CCNCC3)nc2n1CC(=O)Nc1ccc(C(F)(F)F)cc1C. The summed E-state index contributed by atoms with van der Waals surface area (Å²) in [7, 11) is 0. The average Bonchev–Trinajstić information content (AvgIpc) is 3.67. The van der Waals surface area contributed by atoms with E-state index in [1.165, 1.54) is 17.5 Å². The number of carbonyl (C=O) groups excluding carboxylic acids is 1. The number of rotatable bonds is 8. The van der Waals surface area contributed by atoms with E-state index >= 15 is 0 Å². The van der Waals surface area contributed by atoms with Gasteiger partial charge in [0.15, 0.2) is 0 Å². The Morgan fingerprint density at radius 1 is 1.06 bits per heavy atom. The molecule has 14 nitrogen and oxygen atoms in total. The van der Waals surface area contributed by atoms with Gasteiger partial charge in [0, 0.05) is 63.7 Å². The summed E-state index contributed by atoms with van der Waals surface area (Å²) >= 11 is 0. The molecule has 1 amide bonds. The summed E-state index contributed by atoms with van der Waals surface area (Å²) < 4.78 is 44.5. The molecule has 268 valence electrons. The van der Waals surface area contributed by atoms with Crippen molar-refractivity contribution in [1.29, 1.82) is 0 Å². The van der Waals surface area contributed by atoms with Crippen LogP contribution in [0.2, 0.25) is 0 Å². The Morgan fingerprint density at radius 2 is 1.82 bits per heavy atom. The number of nitrogens with zero attached hydrogens (tertiary/aromatic N) is 8. The minimum absolute atomic E-state index is 0.0367. The van der Waals surface area contributed by atoms with Gasteiger partial charge < -0.3 is 35.0 Å². The number of amides is 1. The fourth-order valence-electron chi connectivity index (χ4n) is 7.25. The Bertz CT molecular complexity index is 2020. The molecule has 3 fully saturated rings. The van der Waals surface area contributed by atoms with Crippen molar-refractivity contribution in [3.8, 4) is 0 Å². The number of H-pyrrole nitrogens is 1. The lowest BCUT2D eigenvalue weighted by atomic mass is 9.93. The van der Waals surface area contributed by atoms with Crippen LogP contribution in [0.1, 0.15) is 56.0 Å². The van der Waals surface area contributed by atoms with Crippen molar-refractivity contribution < 1.29 is 18.0 Å². The molecule has 0 spiro atoms. The van der Waals surface area contributed by atoms with Gasteiger partial charge in [0.1, 0.15) is 17.9 Å². The molecule has 17 heteroatoms. The first-order valence-electron chi connectivity index (χ1n) is 17.2. The van der Waals surface area contributed by atoms with Crippen molar-refractivity contribution in [2.24, 2.45) is 0 Å². The van der Waals surface area contributed by atoms with E-state index in [1.807, 2.05) is 23.6 Å². The quantitative estimate of drug-likeness (QED) is 0.254. The van der Waals surface area contributed by atoms with Crippen molar-refractivity contribution in [3.05, 3.63) is 61.9 Å². The molecule has 1 saturated carbocycles. The lowest BCUT2D eigenvalue weighted by Crippen LogP contribution is -2.55. The van der Waals surface area contributed by atoms with Gasteiger partial charge in [-0.3, -0.25) is 14.4 Å². The zero-order valence-corrected chi connectivity index (χ0v) is 28.4. The number of fused-ring (bicyclic) bond motifs is 1. The van der Waals surface area contributed by atoms with Crippen LogP contribution in [0.5, 0.6) is 0 Å². The highest BCUT2D eigenvalue weighted by molar-refractivity contribution is 5.91. The van der Waals surface area contributed by atoms with Gasteiger partial charge in [-0.15, -0.1) is 5.10 Å². The summed E-state index contributed by atoms with van der Waals surface area (Å²) in [5, 5.41) is 13.8. The highest BCUT2D eigenvalue weighted by Gasteiger charge is 2.34. The zero-order valence-electron chi connectivity index (χ0n) is 28.4. The van der Waals surface area contributed by atoms with Crippen LogP contribution in [0.15, 0.2) is 34.0 Å².